The summed E-state index contributed by atoms with van der Waals surface area (Å²) in [6, 6.07) is 0. The van der Waals surface area contributed by atoms with Gasteiger partial charge in [0, 0.05) is 7.05 Å². The maximum absolute atomic E-state index is 10.8. The van der Waals surface area contributed by atoms with E-state index in [1.165, 1.54) is 10.8 Å². The molecule has 12 heavy (non-hydrogen) atoms. The maximum atomic E-state index is 10.8. The van der Waals surface area contributed by atoms with Crippen LogP contribution in [0.5, 0.6) is 0 Å². The van der Waals surface area contributed by atoms with E-state index in [0.29, 0.717) is 5.76 Å². The highest BCUT2D eigenvalue weighted by Crippen LogP contribution is 1.95. The fourth-order valence-corrected chi connectivity index (χ4v) is 0.721. The fourth-order valence-electron chi connectivity index (χ4n) is 0.721. The zero-order valence-electron chi connectivity index (χ0n) is 6.65. The average Bonchev–Trinajstić information content (AvgIpc) is 2.28. The zero-order chi connectivity index (χ0) is 9.14. The standard InChI is InChI=1S/C6H10N4O2/c1-10-3-4(12-6(10)11)2-9-5(7)8/h3H,2H2,1H3,(H4,7,8,9). The second kappa shape index (κ2) is 3.12. The number of aliphatic imine (C=N–C) groups is 1. The molecule has 0 spiro atoms. The molecule has 0 bridgehead atoms. The van der Waals surface area contributed by atoms with Crippen LogP contribution < -0.4 is 17.2 Å². The van der Waals surface area contributed by atoms with Gasteiger partial charge in [0.25, 0.3) is 0 Å². The molecule has 0 amide bonds. The summed E-state index contributed by atoms with van der Waals surface area (Å²) < 4.78 is 6.07. The average molecular weight is 170 g/mol. The van der Waals surface area contributed by atoms with Crippen molar-refractivity contribution in [3.63, 3.8) is 0 Å². The lowest BCUT2D eigenvalue weighted by molar-refractivity contribution is 0.457. The van der Waals surface area contributed by atoms with Gasteiger partial charge in [-0.3, -0.25) is 4.57 Å². The molecule has 1 rings (SSSR count). The Morgan fingerprint density at radius 2 is 2.42 bits per heavy atom. The molecule has 0 aliphatic rings. The molecule has 0 atom stereocenters. The first-order valence-corrected chi connectivity index (χ1v) is 3.30. The van der Waals surface area contributed by atoms with E-state index >= 15 is 0 Å². The van der Waals surface area contributed by atoms with Crippen molar-refractivity contribution in [2.24, 2.45) is 23.5 Å². The molecule has 4 N–H and O–H groups in total. The zero-order valence-corrected chi connectivity index (χ0v) is 6.65. The molecule has 66 valence electrons. The molecular formula is C6H10N4O2. The number of guanidine groups is 1. The van der Waals surface area contributed by atoms with Crippen LogP contribution >= 0.6 is 0 Å². The third-order valence-corrected chi connectivity index (χ3v) is 1.26. The van der Waals surface area contributed by atoms with Gasteiger partial charge in [0.15, 0.2) is 5.96 Å². The molecule has 0 aliphatic carbocycles. The van der Waals surface area contributed by atoms with Gasteiger partial charge in [-0.15, -0.1) is 0 Å². The summed E-state index contributed by atoms with van der Waals surface area (Å²) in [7, 11) is 1.59. The molecular weight excluding hydrogens is 160 g/mol. The predicted molar refractivity (Wildman–Crippen MR) is 43.5 cm³/mol. The third-order valence-electron chi connectivity index (χ3n) is 1.26. The van der Waals surface area contributed by atoms with E-state index in [4.69, 9.17) is 15.9 Å². The van der Waals surface area contributed by atoms with Crippen LogP contribution in [0, 0.1) is 0 Å². The van der Waals surface area contributed by atoms with Crippen molar-refractivity contribution in [3.8, 4) is 0 Å². The second-order valence-corrected chi connectivity index (χ2v) is 2.32. The van der Waals surface area contributed by atoms with E-state index in [1.54, 1.807) is 7.05 Å². The van der Waals surface area contributed by atoms with Gasteiger partial charge in [0.1, 0.15) is 12.3 Å². The number of oxazole rings is 1. The van der Waals surface area contributed by atoms with Gasteiger partial charge < -0.3 is 15.9 Å². The number of rotatable bonds is 2. The Morgan fingerprint density at radius 1 is 1.75 bits per heavy atom. The molecule has 6 nitrogen and oxygen atoms in total. The van der Waals surface area contributed by atoms with Gasteiger partial charge >= 0.3 is 5.76 Å². The van der Waals surface area contributed by atoms with Crippen molar-refractivity contribution in [2.75, 3.05) is 0 Å². The molecule has 0 radical (unpaired) electrons. The van der Waals surface area contributed by atoms with Crippen LogP contribution in [0.25, 0.3) is 0 Å². The quantitative estimate of drug-likeness (QED) is 0.428. The Bertz CT molecular complexity index is 345. The van der Waals surface area contributed by atoms with Crippen molar-refractivity contribution in [1.29, 1.82) is 0 Å². The highest BCUT2D eigenvalue weighted by Gasteiger charge is 2.00. The van der Waals surface area contributed by atoms with E-state index in [9.17, 15) is 4.79 Å². The summed E-state index contributed by atoms with van der Waals surface area (Å²) >= 11 is 0. The van der Waals surface area contributed by atoms with E-state index in [0.717, 1.165) is 0 Å². The van der Waals surface area contributed by atoms with Crippen LogP contribution in [-0.4, -0.2) is 10.5 Å². The summed E-state index contributed by atoms with van der Waals surface area (Å²) in [4.78, 5) is 14.4. The van der Waals surface area contributed by atoms with Crippen molar-refractivity contribution < 1.29 is 4.42 Å². The van der Waals surface area contributed by atoms with Crippen LogP contribution in [-0.2, 0) is 13.6 Å². The Morgan fingerprint density at radius 3 is 2.83 bits per heavy atom. The first-order chi connectivity index (χ1) is 5.59. The lowest BCUT2D eigenvalue weighted by Crippen LogP contribution is -2.22. The molecule has 0 aromatic carbocycles. The van der Waals surface area contributed by atoms with Crippen LogP contribution in [0.4, 0.5) is 0 Å². The number of hydrogen-bond donors (Lipinski definition) is 2. The van der Waals surface area contributed by atoms with Crippen LogP contribution in [0.15, 0.2) is 20.4 Å². The minimum Gasteiger partial charge on any atom is -0.411 e. The van der Waals surface area contributed by atoms with Crippen LogP contribution in [0.2, 0.25) is 0 Å². The van der Waals surface area contributed by atoms with E-state index in [2.05, 4.69) is 4.99 Å². The normalized spacial score (nSPS) is 9.75. The minimum atomic E-state index is -0.421. The number of nitrogens with two attached hydrogens (primary N) is 2. The molecule has 0 saturated carbocycles. The molecule has 1 aromatic rings. The number of nitrogens with zero attached hydrogens (tertiary/aromatic N) is 2. The molecule has 0 aliphatic heterocycles. The first-order valence-electron chi connectivity index (χ1n) is 3.30. The lowest BCUT2D eigenvalue weighted by atomic mass is 10.5. The van der Waals surface area contributed by atoms with Crippen LogP contribution in [0.3, 0.4) is 0 Å². The van der Waals surface area contributed by atoms with Gasteiger partial charge in [-0.2, -0.15) is 0 Å². The van der Waals surface area contributed by atoms with Crippen molar-refractivity contribution in [2.45, 2.75) is 6.54 Å². The maximum Gasteiger partial charge on any atom is 0.418 e. The Balaban J connectivity index is 2.78. The third kappa shape index (κ3) is 1.88. The van der Waals surface area contributed by atoms with Crippen LogP contribution in [0.1, 0.15) is 5.76 Å². The molecule has 1 heterocycles. The fraction of sp³-hybridized carbons (Fsp3) is 0.333. The predicted octanol–water partition coefficient (Wildman–Crippen LogP) is -1.25. The topological polar surface area (TPSA) is 99.5 Å². The summed E-state index contributed by atoms with van der Waals surface area (Å²) in [6.45, 7) is 0.193. The SMILES string of the molecule is Cn1cc(CN=C(N)N)oc1=O. The molecule has 0 fully saturated rings. The van der Waals surface area contributed by atoms with Gasteiger partial charge in [-0.25, -0.2) is 9.79 Å². The van der Waals surface area contributed by atoms with Crippen molar-refractivity contribution in [3.05, 3.63) is 22.5 Å². The monoisotopic (exact) mass is 170 g/mol. The number of hydrogen-bond acceptors (Lipinski definition) is 3. The Labute approximate surface area is 68.5 Å². The molecule has 0 saturated heterocycles. The molecule has 1 aromatic heterocycles. The smallest absolute Gasteiger partial charge is 0.411 e. The molecule has 6 heteroatoms. The van der Waals surface area contributed by atoms with E-state index < -0.39 is 5.76 Å². The van der Waals surface area contributed by atoms with Gasteiger partial charge in [0.05, 0.1) is 6.20 Å². The highest BCUT2D eigenvalue weighted by atomic mass is 16.4. The van der Waals surface area contributed by atoms with E-state index in [-0.39, 0.29) is 12.5 Å². The lowest BCUT2D eigenvalue weighted by Gasteiger charge is -1.88. The van der Waals surface area contributed by atoms with Gasteiger partial charge in [-0.1, -0.05) is 0 Å². The molecule has 0 unspecified atom stereocenters. The van der Waals surface area contributed by atoms with Crippen molar-refractivity contribution >= 4 is 5.96 Å². The second-order valence-electron chi connectivity index (χ2n) is 2.32. The summed E-state index contributed by atoms with van der Waals surface area (Å²) in [6.07, 6.45) is 1.54. The van der Waals surface area contributed by atoms with Gasteiger partial charge in [-0.05, 0) is 0 Å². The van der Waals surface area contributed by atoms with Gasteiger partial charge in [0.2, 0.25) is 0 Å². The number of aromatic nitrogens is 1. The summed E-state index contributed by atoms with van der Waals surface area (Å²) in [5.74, 6) is -0.00630. The summed E-state index contributed by atoms with van der Waals surface area (Å²) in [5, 5.41) is 0. The highest BCUT2D eigenvalue weighted by molar-refractivity contribution is 5.75. The largest absolute Gasteiger partial charge is 0.418 e. The minimum absolute atomic E-state index is 0.0264. The van der Waals surface area contributed by atoms with E-state index in [1.807, 2.05) is 0 Å². The number of aryl methyl sites for hydroxylation is 1. The Hall–Kier alpha value is -1.72. The van der Waals surface area contributed by atoms with Crippen molar-refractivity contribution in [1.82, 2.24) is 4.57 Å². The summed E-state index contributed by atoms with van der Waals surface area (Å²) in [5.41, 5.74) is 10.2. The Kier molecular flexibility index (Phi) is 2.18. The first kappa shape index (κ1) is 8.38.